The van der Waals surface area contributed by atoms with Gasteiger partial charge in [0.2, 0.25) is 11.6 Å². The van der Waals surface area contributed by atoms with Crippen LogP contribution in [0.2, 0.25) is 0 Å². The highest BCUT2D eigenvalue weighted by Crippen LogP contribution is 2.32. The molecule has 8 nitrogen and oxygen atoms in total. The Balaban J connectivity index is 1.80. The van der Waals surface area contributed by atoms with Crippen LogP contribution in [-0.2, 0) is 4.74 Å². The first-order valence-electron chi connectivity index (χ1n) is 7.81. The topological polar surface area (TPSA) is 102 Å². The van der Waals surface area contributed by atoms with E-state index in [-0.39, 0.29) is 21.9 Å². The van der Waals surface area contributed by atoms with Gasteiger partial charge in [0.15, 0.2) is 0 Å². The summed E-state index contributed by atoms with van der Waals surface area (Å²) in [6.07, 6.45) is 0. The maximum atomic E-state index is 12.7. The average Bonchev–Trinajstić information content (AvgIpc) is 2.63. The van der Waals surface area contributed by atoms with Crippen LogP contribution < -0.4 is 5.32 Å². The molecule has 1 aliphatic carbocycles. The molecule has 0 radical (unpaired) electrons. The minimum absolute atomic E-state index is 0.0390. The highest BCUT2D eigenvalue weighted by molar-refractivity contribution is 6.50. The number of halogens is 1. The van der Waals surface area contributed by atoms with Gasteiger partial charge in [0, 0.05) is 37.8 Å². The fourth-order valence-corrected chi connectivity index (χ4v) is 3.15. The van der Waals surface area contributed by atoms with Gasteiger partial charge in [-0.25, -0.2) is 0 Å². The maximum Gasteiger partial charge on any atom is 0.281 e. The zero-order chi connectivity index (χ0) is 18.0. The third-order valence-corrected chi connectivity index (χ3v) is 4.55. The second kappa shape index (κ2) is 7.30. The Morgan fingerprint density at radius 1 is 1.24 bits per heavy atom. The number of ether oxygens (including phenoxy) is 1. The number of hydrogen-bond acceptors (Lipinski definition) is 7. The van der Waals surface area contributed by atoms with E-state index >= 15 is 0 Å². The van der Waals surface area contributed by atoms with Crippen LogP contribution in [0.15, 0.2) is 28.9 Å². The number of ketones is 2. The number of Topliss-reactive ketones (excluding diaryl/α,β-unsaturated/α-hetero) is 2. The number of benzene rings is 1. The minimum Gasteiger partial charge on any atom is -0.379 e. The van der Waals surface area contributed by atoms with Crippen LogP contribution in [0.5, 0.6) is 0 Å². The summed E-state index contributed by atoms with van der Waals surface area (Å²) in [5, 5.41) is 13.8. The molecule has 1 aliphatic heterocycles. The lowest BCUT2D eigenvalue weighted by Gasteiger charge is -2.27. The third kappa shape index (κ3) is 3.41. The van der Waals surface area contributed by atoms with Crippen molar-refractivity contribution >= 4 is 28.9 Å². The van der Waals surface area contributed by atoms with Crippen molar-refractivity contribution < 1.29 is 19.2 Å². The van der Waals surface area contributed by atoms with Crippen LogP contribution in [0.3, 0.4) is 0 Å². The van der Waals surface area contributed by atoms with Gasteiger partial charge in [-0.05, 0) is 6.07 Å². The first-order chi connectivity index (χ1) is 12.0. The molecule has 0 spiro atoms. The molecule has 0 unspecified atom stereocenters. The third-order valence-electron chi connectivity index (χ3n) is 4.19. The molecule has 0 saturated carbocycles. The summed E-state index contributed by atoms with van der Waals surface area (Å²) in [6, 6.07) is 3.94. The number of hydrogen-bond donors (Lipinski definition) is 1. The van der Waals surface area contributed by atoms with E-state index < -0.39 is 22.2 Å². The normalized spacial score (nSPS) is 18.3. The number of morpholine rings is 1. The summed E-state index contributed by atoms with van der Waals surface area (Å²) in [5.74, 6) is -1.22. The monoisotopic (exact) mass is 365 g/mol. The van der Waals surface area contributed by atoms with E-state index in [0.717, 1.165) is 13.1 Å². The molecule has 9 heteroatoms. The van der Waals surface area contributed by atoms with E-state index in [4.69, 9.17) is 16.3 Å². The van der Waals surface area contributed by atoms with Crippen LogP contribution >= 0.6 is 11.6 Å². The molecule has 1 N–H and O–H groups in total. The Labute approximate surface area is 148 Å². The fraction of sp³-hybridized carbons (Fsp3) is 0.375. The summed E-state index contributed by atoms with van der Waals surface area (Å²) in [7, 11) is 0. The number of carbonyl (C=O) groups is 2. The molecule has 0 atom stereocenters. The Bertz CT molecular complexity index is 771. The summed E-state index contributed by atoms with van der Waals surface area (Å²) in [4.78, 5) is 37.7. The maximum absolute atomic E-state index is 12.7. The Morgan fingerprint density at radius 3 is 2.64 bits per heavy atom. The molecule has 1 aromatic rings. The number of carbonyl (C=O) groups excluding carboxylic acids is 2. The molecule has 0 amide bonds. The summed E-state index contributed by atoms with van der Waals surface area (Å²) in [5.41, 5.74) is -0.729. The molecule has 2 aliphatic rings. The molecule has 1 saturated heterocycles. The molecule has 0 aromatic heterocycles. The van der Waals surface area contributed by atoms with E-state index in [0.29, 0.717) is 26.3 Å². The standard InChI is InChI=1S/C16H16ClN3O5/c17-13-14(18-4-5-19-6-8-25-9-7-19)16(22)12-10(15(13)21)2-1-3-11(12)20(23)24/h1-3,18H,4-9H2. The van der Waals surface area contributed by atoms with E-state index in [1.54, 1.807) is 0 Å². The molecule has 1 fully saturated rings. The van der Waals surface area contributed by atoms with Crippen LogP contribution in [0.1, 0.15) is 20.7 Å². The van der Waals surface area contributed by atoms with Gasteiger partial charge in [-0.15, -0.1) is 0 Å². The number of nitrogens with one attached hydrogen (secondary N) is 1. The lowest BCUT2D eigenvalue weighted by atomic mass is 9.91. The van der Waals surface area contributed by atoms with Gasteiger partial charge in [0.05, 0.1) is 18.1 Å². The quantitative estimate of drug-likeness (QED) is 0.620. The average molecular weight is 366 g/mol. The van der Waals surface area contributed by atoms with Gasteiger partial charge in [-0.2, -0.15) is 0 Å². The SMILES string of the molecule is O=C1C(Cl)=C(NCCN2CCOCC2)C(=O)c2c1cccc2[N+](=O)[O-]. The Morgan fingerprint density at radius 2 is 1.96 bits per heavy atom. The van der Waals surface area contributed by atoms with Gasteiger partial charge in [0.1, 0.15) is 16.3 Å². The van der Waals surface area contributed by atoms with Gasteiger partial charge in [-0.3, -0.25) is 24.6 Å². The Hall–Kier alpha value is -2.29. The zero-order valence-electron chi connectivity index (χ0n) is 13.3. The highest BCUT2D eigenvalue weighted by atomic mass is 35.5. The predicted octanol–water partition coefficient (Wildman–Crippen LogP) is 1.35. The second-order valence-electron chi connectivity index (χ2n) is 5.68. The van der Waals surface area contributed by atoms with Crippen molar-refractivity contribution in [3.63, 3.8) is 0 Å². The van der Waals surface area contributed by atoms with Crippen LogP contribution in [-0.4, -0.2) is 60.8 Å². The zero-order valence-corrected chi connectivity index (χ0v) is 14.0. The summed E-state index contributed by atoms with van der Waals surface area (Å²) >= 11 is 6.05. The van der Waals surface area contributed by atoms with Crippen LogP contribution in [0, 0.1) is 10.1 Å². The van der Waals surface area contributed by atoms with E-state index in [9.17, 15) is 19.7 Å². The number of rotatable bonds is 5. The number of nitro groups is 1. The predicted molar refractivity (Wildman–Crippen MR) is 89.9 cm³/mol. The minimum atomic E-state index is -0.672. The van der Waals surface area contributed by atoms with Crippen molar-refractivity contribution in [2.45, 2.75) is 0 Å². The van der Waals surface area contributed by atoms with Crippen molar-refractivity contribution in [2.24, 2.45) is 0 Å². The molecule has 1 heterocycles. The number of nitrogens with zero attached hydrogens (tertiary/aromatic N) is 2. The molecular weight excluding hydrogens is 350 g/mol. The number of nitro benzene ring substituents is 1. The van der Waals surface area contributed by atoms with Gasteiger partial charge in [-0.1, -0.05) is 17.7 Å². The molecule has 0 bridgehead atoms. The van der Waals surface area contributed by atoms with Crippen molar-refractivity contribution in [1.29, 1.82) is 0 Å². The van der Waals surface area contributed by atoms with Gasteiger partial charge >= 0.3 is 0 Å². The second-order valence-corrected chi connectivity index (χ2v) is 6.06. The lowest BCUT2D eigenvalue weighted by molar-refractivity contribution is -0.385. The smallest absolute Gasteiger partial charge is 0.281 e. The van der Waals surface area contributed by atoms with Crippen LogP contribution in [0.4, 0.5) is 5.69 Å². The molecule has 25 heavy (non-hydrogen) atoms. The first-order valence-corrected chi connectivity index (χ1v) is 8.19. The molecule has 132 valence electrons. The highest BCUT2D eigenvalue weighted by Gasteiger charge is 2.36. The largest absolute Gasteiger partial charge is 0.379 e. The van der Waals surface area contributed by atoms with E-state index in [1.807, 2.05) is 0 Å². The first kappa shape index (κ1) is 17.5. The van der Waals surface area contributed by atoms with Crippen molar-refractivity contribution in [1.82, 2.24) is 10.2 Å². The van der Waals surface area contributed by atoms with E-state index in [2.05, 4.69) is 10.2 Å². The lowest BCUT2D eigenvalue weighted by Crippen LogP contribution is -2.41. The number of allylic oxidation sites excluding steroid dienone is 2. The van der Waals surface area contributed by atoms with Crippen molar-refractivity contribution in [2.75, 3.05) is 39.4 Å². The summed E-state index contributed by atoms with van der Waals surface area (Å²) in [6.45, 7) is 3.91. The molecular formula is C16H16ClN3O5. The van der Waals surface area contributed by atoms with Crippen molar-refractivity contribution in [3.8, 4) is 0 Å². The molecule has 3 rings (SSSR count). The molecule has 1 aromatic carbocycles. The van der Waals surface area contributed by atoms with Crippen molar-refractivity contribution in [3.05, 3.63) is 50.2 Å². The fourth-order valence-electron chi connectivity index (χ4n) is 2.90. The Kier molecular flexibility index (Phi) is 5.12. The number of fused-ring (bicyclic) bond motifs is 1. The summed E-state index contributed by atoms with van der Waals surface area (Å²) < 4.78 is 5.26. The van der Waals surface area contributed by atoms with E-state index in [1.165, 1.54) is 18.2 Å². The van der Waals surface area contributed by atoms with Gasteiger partial charge < -0.3 is 10.1 Å². The van der Waals surface area contributed by atoms with Crippen LogP contribution in [0.25, 0.3) is 0 Å². The van der Waals surface area contributed by atoms with Gasteiger partial charge in [0.25, 0.3) is 5.69 Å².